The maximum Gasteiger partial charge on any atom is 0.149 e. The van der Waals surface area contributed by atoms with Gasteiger partial charge in [-0.2, -0.15) is 11.3 Å². The summed E-state index contributed by atoms with van der Waals surface area (Å²) in [5.41, 5.74) is 1.09. The first-order valence-electron chi connectivity index (χ1n) is 5.00. The number of hydrogen-bond acceptors (Lipinski definition) is 2. The number of Topliss-reactive ketones (excluding diaryl/α,β-unsaturated/α-hetero) is 1. The van der Waals surface area contributed by atoms with Gasteiger partial charge in [0.1, 0.15) is 5.78 Å². The molecule has 1 heterocycles. The van der Waals surface area contributed by atoms with Crippen molar-refractivity contribution in [2.45, 2.75) is 33.6 Å². The van der Waals surface area contributed by atoms with Crippen molar-refractivity contribution < 1.29 is 4.79 Å². The Balaban J connectivity index is 2.40. The summed E-state index contributed by atoms with van der Waals surface area (Å²) < 4.78 is 0. The van der Waals surface area contributed by atoms with Gasteiger partial charge in [0, 0.05) is 11.8 Å². The second-order valence-corrected chi connectivity index (χ2v) is 5.36. The van der Waals surface area contributed by atoms with Gasteiger partial charge in [0.2, 0.25) is 0 Å². The summed E-state index contributed by atoms with van der Waals surface area (Å²) in [5.74, 6) is 6.20. The van der Waals surface area contributed by atoms with Gasteiger partial charge < -0.3 is 0 Å². The molecule has 0 aliphatic rings. The molecule has 0 radical (unpaired) electrons. The number of thiophene rings is 1. The van der Waals surface area contributed by atoms with E-state index in [4.69, 9.17) is 0 Å². The molecule has 0 N–H and O–H groups in total. The van der Waals surface area contributed by atoms with Gasteiger partial charge in [-0.15, -0.1) is 0 Å². The van der Waals surface area contributed by atoms with E-state index in [9.17, 15) is 4.79 Å². The fourth-order valence-corrected chi connectivity index (χ4v) is 1.76. The molecule has 1 aromatic rings. The van der Waals surface area contributed by atoms with Gasteiger partial charge >= 0.3 is 0 Å². The molecule has 0 amide bonds. The number of hydrogen-bond donors (Lipinski definition) is 0. The summed E-state index contributed by atoms with van der Waals surface area (Å²) in [5, 5.41) is 4.00. The molecular formula is C13H16OS. The van der Waals surface area contributed by atoms with Crippen molar-refractivity contribution in [2.24, 2.45) is 5.41 Å². The zero-order valence-electron chi connectivity index (χ0n) is 9.46. The van der Waals surface area contributed by atoms with Gasteiger partial charge in [-0.25, -0.2) is 0 Å². The van der Waals surface area contributed by atoms with E-state index in [1.807, 2.05) is 37.6 Å². The second kappa shape index (κ2) is 5.14. The van der Waals surface area contributed by atoms with Crippen LogP contribution in [0.5, 0.6) is 0 Å². The van der Waals surface area contributed by atoms with Crippen LogP contribution in [0.1, 0.15) is 32.8 Å². The Morgan fingerprint density at radius 3 is 2.73 bits per heavy atom. The van der Waals surface area contributed by atoms with Gasteiger partial charge in [-0.1, -0.05) is 11.8 Å². The molecule has 2 heteroatoms. The van der Waals surface area contributed by atoms with Crippen LogP contribution in [0.25, 0.3) is 0 Å². The summed E-state index contributed by atoms with van der Waals surface area (Å²) >= 11 is 1.62. The van der Waals surface area contributed by atoms with Gasteiger partial charge in [-0.05, 0) is 43.2 Å². The lowest BCUT2D eigenvalue weighted by Crippen LogP contribution is -2.02. The van der Waals surface area contributed by atoms with Crippen molar-refractivity contribution in [3.05, 3.63) is 22.4 Å². The molecule has 15 heavy (non-hydrogen) atoms. The van der Waals surface area contributed by atoms with Gasteiger partial charge in [0.25, 0.3) is 0 Å². The summed E-state index contributed by atoms with van der Waals surface area (Å²) in [6, 6.07) is 1.99. The zero-order valence-corrected chi connectivity index (χ0v) is 10.3. The third kappa shape index (κ3) is 5.39. The van der Waals surface area contributed by atoms with E-state index in [-0.39, 0.29) is 11.2 Å². The average Bonchev–Trinajstić information content (AvgIpc) is 2.54. The van der Waals surface area contributed by atoms with Crippen LogP contribution in [0.3, 0.4) is 0 Å². The maximum atomic E-state index is 11.5. The third-order valence-corrected chi connectivity index (χ3v) is 2.46. The molecule has 0 atom stereocenters. The molecule has 0 saturated heterocycles. The summed E-state index contributed by atoms with van der Waals surface area (Å²) in [6.07, 6.45) is 0.884. The maximum absolute atomic E-state index is 11.5. The molecule has 0 spiro atoms. The minimum Gasteiger partial charge on any atom is -0.298 e. The molecule has 80 valence electrons. The number of carbonyl (C=O) groups is 1. The molecule has 0 aliphatic heterocycles. The van der Waals surface area contributed by atoms with E-state index in [1.54, 1.807) is 11.3 Å². The van der Waals surface area contributed by atoms with Gasteiger partial charge in [0.05, 0.1) is 6.42 Å². The molecule has 0 fully saturated rings. The monoisotopic (exact) mass is 220 g/mol. The van der Waals surface area contributed by atoms with Gasteiger partial charge in [0.15, 0.2) is 0 Å². The predicted octanol–water partition coefficient (Wildman–Crippen LogP) is 3.30. The minimum absolute atomic E-state index is 0.0112. The van der Waals surface area contributed by atoms with Crippen LogP contribution in [0, 0.1) is 17.3 Å². The Labute approximate surface area is 95.5 Å². The topological polar surface area (TPSA) is 17.1 Å². The van der Waals surface area contributed by atoms with Crippen LogP contribution in [-0.4, -0.2) is 5.78 Å². The van der Waals surface area contributed by atoms with Crippen molar-refractivity contribution in [2.75, 3.05) is 0 Å². The van der Waals surface area contributed by atoms with Crippen LogP contribution in [0.2, 0.25) is 0 Å². The summed E-state index contributed by atoms with van der Waals surface area (Å²) in [7, 11) is 0. The number of ketones is 1. The van der Waals surface area contributed by atoms with Crippen molar-refractivity contribution in [1.82, 2.24) is 0 Å². The first kappa shape index (κ1) is 12.0. The Morgan fingerprint density at radius 2 is 2.20 bits per heavy atom. The normalized spacial score (nSPS) is 10.6. The molecule has 1 nitrogen and oxygen atoms in total. The first-order valence-corrected chi connectivity index (χ1v) is 5.94. The summed E-state index contributed by atoms with van der Waals surface area (Å²) in [6.45, 7) is 6.13. The Bertz CT molecular complexity index is 371. The van der Waals surface area contributed by atoms with Crippen LogP contribution in [0.15, 0.2) is 16.8 Å². The molecule has 0 unspecified atom stereocenters. The highest BCUT2D eigenvalue weighted by Gasteiger charge is 2.05. The van der Waals surface area contributed by atoms with E-state index >= 15 is 0 Å². The fraction of sp³-hybridized carbons (Fsp3) is 0.462. The van der Waals surface area contributed by atoms with Crippen molar-refractivity contribution in [3.63, 3.8) is 0 Å². The van der Waals surface area contributed by atoms with Crippen molar-refractivity contribution in [3.8, 4) is 11.8 Å². The summed E-state index contributed by atoms with van der Waals surface area (Å²) in [4.78, 5) is 11.5. The highest BCUT2D eigenvalue weighted by atomic mass is 32.1. The Hall–Kier alpha value is -1.07. The molecule has 0 aromatic carbocycles. The lowest BCUT2D eigenvalue weighted by molar-refractivity contribution is -0.117. The van der Waals surface area contributed by atoms with E-state index in [1.165, 1.54) is 0 Å². The molecule has 1 rings (SSSR count). The highest BCUT2D eigenvalue weighted by molar-refractivity contribution is 7.07. The van der Waals surface area contributed by atoms with Gasteiger partial charge in [-0.3, -0.25) is 4.79 Å². The number of carbonyl (C=O) groups excluding carboxylic acids is 1. The average molecular weight is 220 g/mol. The zero-order chi connectivity index (χ0) is 11.3. The van der Waals surface area contributed by atoms with Crippen LogP contribution in [-0.2, 0) is 11.2 Å². The molecular weight excluding hydrogens is 204 g/mol. The Kier molecular flexibility index (Phi) is 4.11. The smallest absolute Gasteiger partial charge is 0.149 e. The SMILES string of the molecule is CC(C)(C)C#CCC(=O)Cc1ccsc1. The third-order valence-electron chi connectivity index (χ3n) is 1.73. The van der Waals surface area contributed by atoms with E-state index in [0.717, 1.165) is 5.56 Å². The standard InChI is InChI=1S/C13H16OS/c1-13(2,3)7-4-5-12(14)9-11-6-8-15-10-11/h6,8,10H,5,9H2,1-3H3. The lowest BCUT2D eigenvalue weighted by Gasteiger charge is -2.06. The first-order chi connectivity index (χ1) is 6.97. The van der Waals surface area contributed by atoms with Crippen LogP contribution >= 0.6 is 11.3 Å². The molecule has 0 bridgehead atoms. The van der Waals surface area contributed by atoms with E-state index in [2.05, 4.69) is 11.8 Å². The molecule has 0 saturated carbocycles. The van der Waals surface area contributed by atoms with E-state index in [0.29, 0.717) is 12.8 Å². The fourth-order valence-electron chi connectivity index (χ4n) is 1.09. The molecule has 0 aliphatic carbocycles. The van der Waals surface area contributed by atoms with Crippen molar-refractivity contribution >= 4 is 17.1 Å². The van der Waals surface area contributed by atoms with Crippen LogP contribution < -0.4 is 0 Å². The minimum atomic E-state index is -0.0112. The van der Waals surface area contributed by atoms with E-state index < -0.39 is 0 Å². The second-order valence-electron chi connectivity index (χ2n) is 4.58. The highest BCUT2D eigenvalue weighted by Crippen LogP contribution is 2.10. The predicted molar refractivity (Wildman–Crippen MR) is 64.9 cm³/mol. The quantitative estimate of drug-likeness (QED) is 0.714. The lowest BCUT2D eigenvalue weighted by atomic mass is 9.97. The van der Waals surface area contributed by atoms with Crippen LogP contribution in [0.4, 0.5) is 0 Å². The Morgan fingerprint density at radius 1 is 1.47 bits per heavy atom. The van der Waals surface area contributed by atoms with Crippen molar-refractivity contribution in [1.29, 1.82) is 0 Å². The molecule has 1 aromatic heterocycles. The largest absolute Gasteiger partial charge is 0.298 e. The number of rotatable bonds is 3.